The van der Waals surface area contributed by atoms with E-state index in [1.165, 1.54) is 51.4 Å². The number of amides is 1. The van der Waals surface area contributed by atoms with Gasteiger partial charge in [0.2, 0.25) is 5.91 Å². The lowest BCUT2D eigenvalue weighted by Crippen LogP contribution is -2.35. The molecule has 1 saturated heterocycles. The predicted molar refractivity (Wildman–Crippen MR) is 141 cm³/mol. The normalized spacial score (nSPS) is 18.9. The number of benzene rings is 1. The molecule has 0 spiro atoms. The minimum absolute atomic E-state index is 0.0257. The van der Waals surface area contributed by atoms with Gasteiger partial charge in [0.05, 0.1) is 5.69 Å². The number of aliphatic imine (C=N–C) groups is 1. The predicted octanol–water partition coefficient (Wildman–Crippen LogP) is 6.88. The van der Waals surface area contributed by atoms with E-state index >= 15 is 0 Å². The lowest BCUT2D eigenvalue weighted by atomic mass is 9.81. The van der Waals surface area contributed by atoms with Gasteiger partial charge in [-0.2, -0.15) is 0 Å². The molecule has 0 aromatic heterocycles. The van der Waals surface area contributed by atoms with Crippen molar-refractivity contribution in [3.8, 4) is 0 Å². The minimum Gasteiger partial charge on any atom is -0.352 e. The lowest BCUT2D eigenvalue weighted by Gasteiger charge is -2.27. The van der Waals surface area contributed by atoms with Crippen LogP contribution in [0.25, 0.3) is 0 Å². The van der Waals surface area contributed by atoms with Crippen LogP contribution >= 0.6 is 11.6 Å². The van der Waals surface area contributed by atoms with Gasteiger partial charge < -0.3 is 5.32 Å². The van der Waals surface area contributed by atoms with E-state index in [1.807, 2.05) is 18.2 Å². The maximum Gasteiger partial charge on any atom is 0.247 e. The number of halogens is 1. The molecule has 1 saturated carbocycles. The Balaban J connectivity index is 1.54. The summed E-state index contributed by atoms with van der Waals surface area (Å²) >= 11 is 6.09. The van der Waals surface area contributed by atoms with E-state index in [9.17, 15) is 4.79 Å². The summed E-state index contributed by atoms with van der Waals surface area (Å²) in [5.41, 5.74) is 3.93. The van der Waals surface area contributed by atoms with Gasteiger partial charge in [-0.15, -0.1) is 0 Å². The van der Waals surface area contributed by atoms with Crippen LogP contribution in [0.3, 0.4) is 0 Å². The Bertz CT molecular complexity index is 822. The number of carbonyl (C=O) groups is 1. The quantitative estimate of drug-likeness (QED) is 0.282. The van der Waals surface area contributed by atoms with E-state index in [-0.39, 0.29) is 5.91 Å². The molecular weight excluding hydrogens is 430 g/mol. The van der Waals surface area contributed by atoms with Gasteiger partial charge in [-0.1, -0.05) is 50.3 Å². The van der Waals surface area contributed by atoms with Crippen molar-refractivity contribution in [3.05, 3.63) is 40.9 Å². The van der Waals surface area contributed by atoms with E-state index in [1.54, 1.807) is 0 Å². The number of nitrogens with one attached hydrogen (secondary N) is 1. The zero-order valence-electron chi connectivity index (χ0n) is 20.7. The molecule has 1 unspecified atom stereocenters. The van der Waals surface area contributed by atoms with E-state index in [0.29, 0.717) is 18.0 Å². The van der Waals surface area contributed by atoms with Crippen molar-refractivity contribution in [1.82, 2.24) is 10.2 Å². The molecule has 2 aliphatic rings. The van der Waals surface area contributed by atoms with Gasteiger partial charge in [0, 0.05) is 29.4 Å². The van der Waals surface area contributed by atoms with Crippen molar-refractivity contribution in [2.24, 2.45) is 16.8 Å². The number of hydrogen-bond acceptors (Lipinski definition) is 3. The van der Waals surface area contributed by atoms with Crippen molar-refractivity contribution in [2.45, 2.75) is 78.1 Å². The van der Waals surface area contributed by atoms with Crippen LogP contribution in [-0.2, 0) is 4.79 Å². The summed E-state index contributed by atoms with van der Waals surface area (Å²) in [6, 6.07) is 5.86. The molecule has 1 aromatic carbocycles. The number of likely N-dealkylation sites (tertiary alicyclic amines) is 1. The fourth-order valence-corrected chi connectivity index (χ4v) is 5.49. The Labute approximate surface area is 205 Å². The molecule has 1 aromatic rings. The zero-order valence-corrected chi connectivity index (χ0v) is 21.4. The molecule has 2 fully saturated rings. The third kappa shape index (κ3) is 8.90. The smallest absolute Gasteiger partial charge is 0.247 e. The molecule has 0 radical (unpaired) electrons. The molecule has 3 rings (SSSR count). The van der Waals surface area contributed by atoms with Gasteiger partial charge >= 0.3 is 0 Å². The SMILES string of the molecule is C=C(CN1CCCC1)C(=O)NCC(CC/C(C)=N/c1ccc(Cl)cc1C)CC1CCCCC1. The van der Waals surface area contributed by atoms with Gasteiger partial charge in [0.15, 0.2) is 0 Å². The van der Waals surface area contributed by atoms with Crippen LogP contribution in [0.15, 0.2) is 35.3 Å². The highest BCUT2D eigenvalue weighted by atomic mass is 35.5. The highest BCUT2D eigenvalue weighted by Gasteiger charge is 2.21. The molecule has 0 bridgehead atoms. The Morgan fingerprint density at radius 3 is 2.64 bits per heavy atom. The standard InChI is InChI=1S/C28H42ClN3O/c1-21-17-26(29)13-14-27(21)31-23(3)11-12-25(18-24-9-5-4-6-10-24)19-30-28(33)22(2)20-32-15-7-8-16-32/h13-14,17,24-25H,2,4-12,15-16,18-20H2,1,3H3,(H,30,33)/b31-23+. The van der Waals surface area contributed by atoms with E-state index in [4.69, 9.17) is 16.6 Å². The van der Waals surface area contributed by atoms with Crippen LogP contribution in [0.5, 0.6) is 0 Å². The highest BCUT2D eigenvalue weighted by Crippen LogP contribution is 2.31. The molecule has 5 heteroatoms. The third-order valence-electron chi connectivity index (χ3n) is 7.26. The summed E-state index contributed by atoms with van der Waals surface area (Å²) in [4.78, 5) is 19.9. The zero-order chi connectivity index (χ0) is 23.6. The van der Waals surface area contributed by atoms with Crippen LogP contribution < -0.4 is 5.32 Å². The molecule has 1 aliphatic carbocycles. The van der Waals surface area contributed by atoms with Crippen LogP contribution in [0, 0.1) is 18.8 Å². The van der Waals surface area contributed by atoms with Gasteiger partial charge in [-0.25, -0.2) is 0 Å². The number of hydrogen-bond donors (Lipinski definition) is 1. The van der Waals surface area contributed by atoms with Crippen molar-refractivity contribution >= 4 is 28.9 Å². The van der Waals surface area contributed by atoms with E-state index in [2.05, 4.69) is 30.6 Å². The number of rotatable bonds is 11. The van der Waals surface area contributed by atoms with Crippen molar-refractivity contribution in [3.63, 3.8) is 0 Å². The van der Waals surface area contributed by atoms with E-state index < -0.39 is 0 Å². The molecule has 1 N–H and O–H groups in total. The average Bonchev–Trinajstić information content (AvgIpc) is 3.31. The number of aryl methyl sites for hydroxylation is 1. The first-order valence-electron chi connectivity index (χ1n) is 12.9. The van der Waals surface area contributed by atoms with E-state index in [0.717, 1.165) is 60.4 Å². The molecule has 1 aliphatic heterocycles. The first-order chi connectivity index (χ1) is 15.9. The van der Waals surface area contributed by atoms with Crippen LogP contribution in [-0.4, -0.2) is 42.7 Å². The fourth-order valence-electron chi connectivity index (χ4n) is 5.26. The van der Waals surface area contributed by atoms with Crippen molar-refractivity contribution < 1.29 is 4.79 Å². The molecule has 33 heavy (non-hydrogen) atoms. The molecule has 1 atom stereocenters. The summed E-state index contributed by atoms with van der Waals surface area (Å²) in [5, 5.41) is 3.96. The fraction of sp³-hybridized carbons (Fsp3) is 0.643. The summed E-state index contributed by atoms with van der Waals surface area (Å²) in [7, 11) is 0. The number of nitrogens with zero attached hydrogens (tertiary/aromatic N) is 2. The summed E-state index contributed by atoms with van der Waals surface area (Å²) < 4.78 is 0. The van der Waals surface area contributed by atoms with Gasteiger partial charge in [0.25, 0.3) is 0 Å². The third-order valence-corrected chi connectivity index (χ3v) is 7.50. The van der Waals surface area contributed by atoms with Crippen molar-refractivity contribution in [2.75, 3.05) is 26.2 Å². The molecule has 1 heterocycles. The Morgan fingerprint density at radius 1 is 1.21 bits per heavy atom. The first-order valence-corrected chi connectivity index (χ1v) is 13.3. The second-order valence-corrected chi connectivity index (χ2v) is 10.7. The average molecular weight is 472 g/mol. The largest absolute Gasteiger partial charge is 0.352 e. The first kappa shape index (κ1) is 26.0. The monoisotopic (exact) mass is 471 g/mol. The minimum atomic E-state index is 0.0257. The van der Waals surface area contributed by atoms with Crippen LogP contribution in [0.1, 0.15) is 76.7 Å². The maximum atomic E-state index is 12.7. The highest BCUT2D eigenvalue weighted by molar-refractivity contribution is 6.30. The Kier molecular flexibility index (Phi) is 10.5. The van der Waals surface area contributed by atoms with Gasteiger partial charge in [-0.05, 0) is 94.6 Å². The molecule has 182 valence electrons. The van der Waals surface area contributed by atoms with Crippen molar-refractivity contribution in [1.29, 1.82) is 0 Å². The number of carbonyl (C=O) groups excluding carboxylic acids is 1. The van der Waals surface area contributed by atoms with Crippen LogP contribution in [0.2, 0.25) is 5.02 Å². The Hall–Kier alpha value is -1.65. The summed E-state index contributed by atoms with van der Waals surface area (Å²) in [6.45, 7) is 11.8. The van der Waals surface area contributed by atoms with Gasteiger partial charge in [0.1, 0.15) is 0 Å². The molecule has 4 nitrogen and oxygen atoms in total. The van der Waals surface area contributed by atoms with Gasteiger partial charge in [-0.3, -0.25) is 14.7 Å². The van der Waals surface area contributed by atoms with Crippen LogP contribution in [0.4, 0.5) is 5.69 Å². The lowest BCUT2D eigenvalue weighted by molar-refractivity contribution is -0.117. The Morgan fingerprint density at radius 2 is 1.94 bits per heavy atom. The molecule has 1 amide bonds. The molecular formula is C28H42ClN3O. The topological polar surface area (TPSA) is 44.7 Å². The maximum absolute atomic E-state index is 12.7. The second-order valence-electron chi connectivity index (χ2n) is 10.2. The summed E-state index contributed by atoms with van der Waals surface area (Å²) in [6.07, 6.45) is 12.4. The summed E-state index contributed by atoms with van der Waals surface area (Å²) in [5.74, 6) is 1.30. The second kappa shape index (κ2) is 13.3.